The summed E-state index contributed by atoms with van der Waals surface area (Å²) < 4.78 is 16.6. The monoisotopic (exact) mass is 319 g/mol. The van der Waals surface area contributed by atoms with Gasteiger partial charge >= 0.3 is 0 Å². The number of benzene rings is 1. The van der Waals surface area contributed by atoms with Gasteiger partial charge in [0.15, 0.2) is 0 Å². The Kier molecular flexibility index (Phi) is 2.78. The molecule has 96 valence electrons. The van der Waals surface area contributed by atoms with Gasteiger partial charge in [0.1, 0.15) is 23.0 Å². The zero-order valence-corrected chi connectivity index (χ0v) is 11.8. The molecule has 2 N–H and O–H groups in total. The van der Waals surface area contributed by atoms with E-state index in [2.05, 4.69) is 20.9 Å². The summed E-state index contributed by atoms with van der Waals surface area (Å²) in [5.41, 5.74) is 8.63. The molecule has 0 unspecified atom stereocenters. The largest absolute Gasteiger partial charge is 0.383 e. The van der Waals surface area contributed by atoms with Gasteiger partial charge in [0.05, 0.1) is 0 Å². The van der Waals surface area contributed by atoms with Gasteiger partial charge in [-0.3, -0.25) is 4.40 Å². The third-order valence-corrected chi connectivity index (χ3v) is 3.47. The van der Waals surface area contributed by atoms with Crippen molar-refractivity contribution in [1.29, 1.82) is 0 Å². The van der Waals surface area contributed by atoms with Crippen LogP contribution >= 0.6 is 15.9 Å². The minimum atomic E-state index is -0.320. The summed E-state index contributed by atoms with van der Waals surface area (Å²) in [4.78, 5) is 4.40. The first-order valence-corrected chi connectivity index (χ1v) is 6.55. The van der Waals surface area contributed by atoms with Gasteiger partial charge in [-0.1, -0.05) is 11.6 Å². The lowest BCUT2D eigenvalue weighted by Gasteiger charge is -2.03. The van der Waals surface area contributed by atoms with Crippen LogP contribution in [0.5, 0.6) is 0 Å². The van der Waals surface area contributed by atoms with Gasteiger partial charge in [-0.15, -0.1) is 0 Å². The van der Waals surface area contributed by atoms with Crippen molar-refractivity contribution in [1.82, 2.24) is 9.38 Å². The summed E-state index contributed by atoms with van der Waals surface area (Å²) >= 11 is 3.38. The van der Waals surface area contributed by atoms with Crippen LogP contribution in [0, 0.1) is 12.7 Å². The van der Waals surface area contributed by atoms with E-state index in [1.54, 1.807) is 16.5 Å². The Morgan fingerprint density at radius 2 is 2.05 bits per heavy atom. The molecule has 2 aromatic heterocycles. The van der Waals surface area contributed by atoms with E-state index in [-0.39, 0.29) is 5.82 Å². The van der Waals surface area contributed by atoms with Gasteiger partial charge in [0.2, 0.25) is 0 Å². The summed E-state index contributed by atoms with van der Waals surface area (Å²) in [5.74, 6) is 0.112. The molecule has 3 rings (SSSR count). The van der Waals surface area contributed by atoms with Crippen LogP contribution in [-0.2, 0) is 0 Å². The van der Waals surface area contributed by atoms with E-state index >= 15 is 0 Å². The second kappa shape index (κ2) is 4.35. The van der Waals surface area contributed by atoms with Crippen molar-refractivity contribution >= 4 is 27.4 Å². The van der Waals surface area contributed by atoms with Crippen LogP contribution < -0.4 is 5.73 Å². The number of imidazole rings is 1. The van der Waals surface area contributed by atoms with E-state index in [0.29, 0.717) is 22.7 Å². The van der Waals surface area contributed by atoms with Crippen molar-refractivity contribution in [2.75, 3.05) is 5.73 Å². The van der Waals surface area contributed by atoms with Gasteiger partial charge in [0.25, 0.3) is 0 Å². The molecular weight excluding hydrogens is 309 g/mol. The molecule has 2 heterocycles. The molecule has 0 saturated heterocycles. The van der Waals surface area contributed by atoms with E-state index in [9.17, 15) is 4.39 Å². The van der Waals surface area contributed by atoms with Crippen LogP contribution in [0.4, 0.5) is 10.2 Å². The molecule has 0 spiro atoms. The number of fused-ring (bicyclic) bond motifs is 1. The van der Waals surface area contributed by atoms with Crippen molar-refractivity contribution < 1.29 is 4.39 Å². The molecule has 1 aromatic carbocycles. The highest BCUT2D eigenvalue weighted by molar-refractivity contribution is 9.10. The third kappa shape index (κ3) is 2.00. The van der Waals surface area contributed by atoms with E-state index in [1.807, 2.05) is 25.3 Å². The van der Waals surface area contributed by atoms with Crippen LogP contribution in [0.15, 0.2) is 41.0 Å². The minimum Gasteiger partial charge on any atom is -0.383 e. The quantitative estimate of drug-likeness (QED) is 0.741. The molecule has 0 radical (unpaired) electrons. The molecule has 0 fully saturated rings. The molecule has 0 aliphatic rings. The number of hydrogen-bond donors (Lipinski definition) is 1. The first-order chi connectivity index (χ1) is 9.06. The SMILES string of the molecule is Cc1ccc(F)c(-c2nc3ccc(Br)cn3c2N)c1. The summed E-state index contributed by atoms with van der Waals surface area (Å²) in [6.07, 6.45) is 1.81. The maximum Gasteiger partial charge on any atom is 0.139 e. The maximum atomic E-state index is 13.9. The van der Waals surface area contributed by atoms with E-state index < -0.39 is 0 Å². The summed E-state index contributed by atoms with van der Waals surface area (Å²) in [6, 6.07) is 8.61. The Hall–Kier alpha value is -1.88. The highest BCUT2D eigenvalue weighted by Gasteiger charge is 2.15. The van der Waals surface area contributed by atoms with E-state index in [4.69, 9.17) is 5.73 Å². The first-order valence-electron chi connectivity index (χ1n) is 5.76. The van der Waals surface area contributed by atoms with E-state index in [1.165, 1.54) is 6.07 Å². The van der Waals surface area contributed by atoms with Crippen molar-refractivity contribution in [2.24, 2.45) is 0 Å². The number of pyridine rings is 1. The number of rotatable bonds is 1. The summed E-state index contributed by atoms with van der Waals surface area (Å²) in [7, 11) is 0. The summed E-state index contributed by atoms with van der Waals surface area (Å²) in [5, 5.41) is 0. The molecule has 3 aromatic rings. The first kappa shape index (κ1) is 12.2. The topological polar surface area (TPSA) is 43.3 Å². The number of aryl methyl sites for hydroxylation is 1. The van der Waals surface area contributed by atoms with Crippen LogP contribution in [0.25, 0.3) is 16.9 Å². The highest BCUT2D eigenvalue weighted by Crippen LogP contribution is 2.30. The molecule has 3 nitrogen and oxygen atoms in total. The normalized spacial score (nSPS) is 11.1. The molecule has 0 aliphatic heterocycles. The molecule has 0 atom stereocenters. The standard InChI is InChI=1S/C14H11BrFN3/c1-8-2-4-11(16)10(6-8)13-14(17)19-7-9(15)3-5-12(19)18-13/h2-7H,17H2,1H3. The number of nitrogen functional groups attached to an aromatic ring is 1. The van der Waals surface area contributed by atoms with Crippen molar-refractivity contribution in [3.05, 3.63) is 52.4 Å². The Labute approximate surface area is 118 Å². The van der Waals surface area contributed by atoms with Gasteiger partial charge < -0.3 is 5.73 Å². The highest BCUT2D eigenvalue weighted by atomic mass is 79.9. The smallest absolute Gasteiger partial charge is 0.139 e. The Morgan fingerprint density at radius 3 is 2.84 bits per heavy atom. The lowest BCUT2D eigenvalue weighted by molar-refractivity contribution is 0.630. The molecule has 5 heteroatoms. The van der Waals surface area contributed by atoms with Gasteiger partial charge in [0, 0.05) is 16.2 Å². The van der Waals surface area contributed by atoms with Crippen LogP contribution in [0.2, 0.25) is 0 Å². The molecule has 0 bridgehead atoms. The Bertz CT molecular complexity index is 780. The zero-order chi connectivity index (χ0) is 13.6. The number of aromatic nitrogens is 2. The van der Waals surface area contributed by atoms with Crippen molar-refractivity contribution in [3.63, 3.8) is 0 Å². The molecular formula is C14H11BrFN3. The van der Waals surface area contributed by atoms with Crippen LogP contribution in [0.3, 0.4) is 0 Å². The lowest BCUT2D eigenvalue weighted by Crippen LogP contribution is -1.95. The second-order valence-corrected chi connectivity index (χ2v) is 5.32. The fourth-order valence-corrected chi connectivity index (χ4v) is 2.39. The Balaban J connectivity index is 2.31. The molecule has 0 aliphatic carbocycles. The number of halogens is 2. The maximum absolute atomic E-state index is 13.9. The number of nitrogens with two attached hydrogens (primary N) is 1. The van der Waals surface area contributed by atoms with E-state index in [0.717, 1.165) is 10.0 Å². The third-order valence-electron chi connectivity index (χ3n) is 3.00. The number of hydrogen-bond acceptors (Lipinski definition) is 2. The average Bonchev–Trinajstić information content (AvgIpc) is 2.70. The van der Waals surface area contributed by atoms with Gasteiger partial charge in [-0.05, 0) is 47.1 Å². The van der Waals surface area contributed by atoms with Gasteiger partial charge in [-0.25, -0.2) is 9.37 Å². The van der Waals surface area contributed by atoms with Crippen LogP contribution in [0.1, 0.15) is 5.56 Å². The lowest BCUT2D eigenvalue weighted by atomic mass is 10.1. The predicted octanol–water partition coefficient (Wildman–Crippen LogP) is 3.79. The van der Waals surface area contributed by atoms with Gasteiger partial charge in [-0.2, -0.15) is 0 Å². The number of anilines is 1. The number of nitrogens with zero attached hydrogens (tertiary/aromatic N) is 2. The fraction of sp³-hybridized carbons (Fsp3) is 0.0714. The Morgan fingerprint density at radius 1 is 1.26 bits per heavy atom. The van der Waals surface area contributed by atoms with Crippen molar-refractivity contribution in [2.45, 2.75) is 6.92 Å². The molecule has 0 saturated carbocycles. The fourth-order valence-electron chi connectivity index (χ4n) is 2.06. The van der Waals surface area contributed by atoms with Crippen molar-refractivity contribution in [3.8, 4) is 11.3 Å². The summed E-state index contributed by atoms with van der Waals surface area (Å²) in [6.45, 7) is 1.91. The van der Waals surface area contributed by atoms with Crippen LogP contribution in [-0.4, -0.2) is 9.38 Å². The zero-order valence-electron chi connectivity index (χ0n) is 10.2. The predicted molar refractivity (Wildman–Crippen MR) is 77.4 cm³/mol. The second-order valence-electron chi connectivity index (χ2n) is 4.40. The molecule has 19 heavy (non-hydrogen) atoms. The average molecular weight is 320 g/mol. The molecule has 0 amide bonds. The minimum absolute atomic E-state index is 0.320.